The lowest BCUT2D eigenvalue weighted by Crippen LogP contribution is -2.13. The summed E-state index contributed by atoms with van der Waals surface area (Å²) in [6.07, 6.45) is 1.58. The monoisotopic (exact) mass is 496 g/mol. The van der Waals surface area contributed by atoms with Gasteiger partial charge in [0, 0.05) is 0 Å². The third-order valence-electron chi connectivity index (χ3n) is 6.47. The average molecular weight is 497 g/mol. The largest absolute Gasteiger partial charge is 0.504 e. The number of phenolic OH excluding ortho intramolecular Hbond substituents is 1. The van der Waals surface area contributed by atoms with Gasteiger partial charge in [0.05, 0.1) is 0 Å². The van der Waals surface area contributed by atoms with Gasteiger partial charge in [0.25, 0.3) is 0 Å². The second kappa shape index (κ2) is 12.9. The van der Waals surface area contributed by atoms with Gasteiger partial charge >= 0.3 is 0 Å². The Bertz CT molecular complexity index is 1230. The van der Waals surface area contributed by atoms with Crippen LogP contribution in [0.25, 0.3) is 0 Å². The predicted octanol–water partition coefficient (Wildman–Crippen LogP) is 8.98. The minimum atomic E-state index is -0.252. The molecule has 3 unspecified atom stereocenters. The lowest BCUT2D eigenvalue weighted by Gasteiger charge is -2.27. The van der Waals surface area contributed by atoms with Crippen LogP contribution in [0.2, 0.25) is 0 Å². The van der Waals surface area contributed by atoms with E-state index in [0.29, 0.717) is 17.2 Å². The van der Waals surface area contributed by atoms with Gasteiger partial charge in [-0.1, -0.05) is 112 Å². The van der Waals surface area contributed by atoms with Crippen LogP contribution in [0.5, 0.6) is 23.0 Å². The molecule has 0 saturated carbocycles. The van der Waals surface area contributed by atoms with E-state index < -0.39 is 0 Å². The Kier molecular flexibility index (Phi) is 9.09. The van der Waals surface area contributed by atoms with Crippen molar-refractivity contribution in [3.63, 3.8) is 0 Å². The Hall–Kier alpha value is -3.92. The molecular weight excluding hydrogens is 460 g/mol. The van der Waals surface area contributed by atoms with Crippen LogP contribution in [0, 0.1) is 0 Å². The van der Waals surface area contributed by atoms with E-state index in [4.69, 9.17) is 14.2 Å². The molecule has 4 heteroatoms. The zero-order valence-electron chi connectivity index (χ0n) is 21.8. The summed E-state index contributed by atoms with van der Waals surface area (Å²) < 4.78 is 19.7. The number of hydrogen-bond donors (Lipinski definition) is 1. The second-order valence-corrected chi connectivity index (χ2v) is 9.02. The van der Waals surface area contributed by atoms with Gasteiger partial charge in [0.2, 0.25) is 11.5 Å². The van der Waals surface area contributed by atoms with Crippen molar-refractivity contribution in [3.05, 3.63) is 120 Å². The molecule has 4 rings (SSSR count). The first kappa shape index (κ1) is 26.2. The highest BCUT2D eigenvalue weighted by Gasteiger charge is 2.26. The van der Waals surface area contributed by atoms with Gasteiger partial charge in [-0.25, -0.2) is 0 Å². The van der Waals surface area contributed by atoms with Gasteiger partial charge < -0.3 is 19.3 Å². The van der Waals surface area contributed by atoms with Gasteiger partial charge in [-0.05, 0) is 48.1 Å². The smallest absolute Gasteiger partial charge is 0.208 e. The molecule has 4 nitrogen and oxygen atoms in total. The molecule has 0 radical (unpaired) electrons. The molecule has 0 heterocycles. The quantitative estimate of drug-likeness (QED) is 0.213. The van der Waals surface area contributed by atoms with Crippen molar-refractivity contribution < 1.29 is 19.3 Å². The second-order valence-electron chi connectivity index (χ2n) is 9.02. The molecule has 4 aromatic rings. The lowest BCUT2D eigenvalue weighted by molar-refractivity contribution is 0.137. The van der Waals surface area contributed by atoms with E-state index in [1.54, 1.807) is 12.1 Å². The maximum absolute atomic E-state index is 11.0. The van der Waals surface area contributed by atoms with Crippen molar-refractivity contribution >= 4 is 0 Å². The van der Waals surface area contributed by atoms with Crippen LogP contribution in [0.4, 0.5) is 0 Å². The molecule has 192 valence electrons. The highest BCUT2D eigenvalue weighted by molar-refractivity contribution is 5.59. The van der Waals surface area contributed by atoms with Crippen LogP contribution >= 0.6 is 0 Å². The first-order chi connectivity index (χ1) is 18.1. The number of hydrogen-bond acceptors (Lipinski definition) is 4. The minimum Gasteiger partial charge on any atom is -0.504 e. The molecule has 3 atom stereocenters. The van der Waals surface area contributed by atoms with E-state index in [0.717, 1.165) is 36.0 Å². The Labute approximate surface area is 220 Å². The van der Waals surface area contributed by atoms with E-state index in [1.165, 1.54) is 0 Å². The first-order valence-corrected chi connectivity index (χ1v) is 13.1. The molecule has 0 fully saturated rings. The van der Waals surface area contributed by atoms with Crippen molar-refractivity contribution in [1.82, 2.24) is 0 Å². The van der Waals surface area contributed by atoms with Gasteiger partial charge in [-0.15, -0.1) is 0 Å². The van der Waals surface area contributed by atoms with Gasteiger partial charge in [-0.3, -0.25) is 0 Å². The zero-order chi connectivity index (χ0) is 26.0. The van der Waals surface area contributed by atoms with Crippen LogP contribution < -0.4 is 14.2 Å². The molecule has 0 bridgehead atoms. The van der Waals surface area contributed by atoms with Crippen LogP contribution in [0.15, 0.2) is 103 Å². The molecule has 0 aromatic heterocycles. The topological polar surface area (TPSA) is 47.9 Å². The summed E-state index contributed by atoms with van der Waals surface area (Å²) in [5.41, 5.74) is 3.17. The molecule has 0 amide bonds. The summed E-state index contributed by atoms with van der Waals surface area (Å²) in [5.74, 6) is 1.28. The van der Waals surface area contributed by atoms with Crippen LogP contribution in [-0.4, -0.2) is 5.11 Å². The summed E-state index contributed by atoms with van der Waals surface area (Å²) in [5, 5.41) is 11.0. The standard InChI is InChI=1S/C33H36O4/c1-4-28(24-16-10-7-11-17-24)35-31-23-22-27(34)32(36-29(5-2)25-18-12-8-13-19-25)33(31)37-30(6-3)26-20-14-9-15-21-26/h7-23,28-30,34H,4-6H2,1-3H3. The fourth-order valence-electron chi connectivity index (χ4n) is 4.45. The highest BCUT2D eigenvalue weighted by Crippen LogP contribution is 2.49. The van der Waals surface area contributed by atoms with E-state index in [-0.39, 0.29) is 24.1 Å². The number of aromatic hydroxyl groups is 1. The molecular formula is C33H36O4. The third kappa shape index (κ3) is 6.45. The Morgan fingerprint density at radius 2 is 0.865 bits per heavy atom. The van der Waals surface area contributed by atoms with Crippen molar-refractivity contribution in [3.8, 4) is 23.0 Å². The maximum Gasteiger partial charge on any atom is 0.208 e. The number of rotatable bonds is 12. The minimum absolute atomic E-state index is 0.0207. The molecule has 4 aromatic carbocycles. The molecule has 0 aliphatic carbocycles. The van der Waals surface area contributed by atoms with Crippen LogP contribution in [0.3, 0.4) is 0 Å². The summed E-state index contributed by atoms with van der Waals surface area (Å²) >= 11 is 0. The van der Waals surface area contributed by atoms with Gasteiger partial charge in [-0.2, -0.15) is 0 Å². The van der Waals surface area contributed by atoms with Gasteiger partial charge in [0.15, 0.2) is 11.5 Å². The first-order valence-electron chi connectivity index (χ1n) is 13.1. The predicted molar refractivity (Wildman–Crippen MR) is 148 cm³/mol. The van der Waals surface area contributed by atoms with E-state index in [9.17, 15) is 5.11 Å². The SMILES string of the molecule is CCC(Oc1ccc(O)c(OC(CC)c2ccccc2)c1OC(CC)c1ccccc1)c1ccccc1. The number of phenols is 1. The summed E-state index contributed by atoms with van der Waals surface area (Å²) in [6.45, 7) is 6.24. The molecule has 0 aliphatic heterocycles. The molecule has 0 spiro atoms. The fraction of sp³-hybridized carbons (Fsp3) is 0.273. The summed E-state index contributed by atoms with van der Waals surface area (Å²) in [7, 11) is 0. The van der Waals surface area contributed by atoms with Crippen molar-refractivity contribution in [2.24, 2.45) is 0 Å². The number of ether oxygens (including phenoxy) is 3. The normalized spacial score (nSPS) is 13.4. The van der Waals surface area contributed by atoms with E-state index >= 15 is 0 Å². The number of benzene rings is 4. The molecule has 0 aliphatic rings. The Balaban J connectivity index is 1.77. The van der Waals surface area contributed by atoms with Crippen LogP contribution in [-0.2, 0) is 0 Å². The zero-order valence-corrected chi connectivity index (χ0v) is 21.8. The van der Waals surface area contributed by atoms with E-state index in [1.807, 2.05) is 66.7 Å². The van der Waals surface area contributed by atoms with E-state index in [2.05, 4.69) is 45.0 Å². The fourth-order valence-corrected chi connectivity index (χ4v) is 4.45. The average Bonchev–Trinajstić information content (AvgIpc) is 2.96. The summed E-state index contributed by atoms with van der Waals surface area (Å²) in [6, 6.07) is 33.7. The lowest BCUT2D eigenvalue weighted by atomic mass is 10.1. The Morgan fingerprint density at radius 1 is 0.486 bits per heavy atom. The molecule has 37 heavy (non-hydrogen) atoms. The van der Waals surface area contributed by atoms with Crippen LogP contribution in [0.1, 0.15) is 75.0 Å². The molecule has 0 saturated heterocycles. The third-order valence-corrected chi connectivity index (χ3v) is 6.47. The maximum atomic E-state index is 11.0. The van der Waals surface area contributed by atoms with Crippen molar-refractivity contribution in [2.45, 2.75) is 58.3 Å². The van der Waals surface area contributed by atoms with Crippen molar-refractivity contribution in [1.29, 1.82) is 0 Å². The highest BCUT2D eigenvalue weighted by atomic mass is 16.6. The molecule has 1 N–H and O–H groups in total. The Morgan fingerprint density at radius 3 is 1.27 bits per heavy atom. The van der Waals surface area contributed by atoms with Crippen molar-refractivity contribution in [2.75, 3.05) is 0 Å². The summed E-state index contributed by atoms with van der Waals surface area (Å²) in [4.78, 5) is 0. The van der Waals surface area contributed by atoms with Gasteiger partial charge in [0.1, 0.15) is 18.3 Å².